The van der Waals surface area contributed by atoms with Gasteiger partial charge >= 0.3 is 0 Å². The zero-order valence-corrected chi connectivity index (χ0v) is 13.3. The molecule has 1 fully saturated rings. The molecule has 1 saturated heterocycles. The van der Waals surface area contributed by atoms with Gasteiger partial charge in [0, 0.05) is 31.0 Å². The number of aromatic nitrogens is 2. The van der Waals surface area contributed by atoms with Crippen LogP contribution in [0.5, 0.6) is 5.75 Å². The Hall–Kier alpha value is -2.83. The molecule has 3 rings (SSSR count). The van der Waals surface area contributed by atoms with Gasteiger partial charge in [-0.25, -0.2) is 4.98 Å². The third-order valence-corrected chi connectivity index (χ3v) is 4.18. The van der Waals surface area contributed by atoms with Crippen molar-refractivity contribution >= 4 is 11.8 Å². The number of amides is 2. The summed E-state index contributed by atoms with van der Waals surface area (Å²) in [5.41, 5.74) is 5.60. The smallest absolute Gasteiger partial charge is 0.260 e. The minimum atomic E-state index is -0.522. The van der Waals surface area contributed by atoms with E-state index < -0.39 is 5.91 Å². The minimum absolute atomic E-state index is 0.0567. The van der Waals surface area contributed by atoms with Crippen LogP contribution in [0.4, 0.5) is 0 Å². The van der Waals surface area contributed by atoms with Crippen LogP contribution in [0.3, 0.4) is 0 Å². The molecule has 7 heteroatoms. The van der Waals surface area contributed by atoms with Gasteiger partial charge < -0.3 is 19.9 Å². The van der Waals surface area contributed by atoms with Gasteiger partial charge in [0.1, 0.15) is 5.75 Å². The van der Waals surface area contributed by atoms with E-state index in [1.165, 1.54) is 0 Å². The monoisotopic (exact) mass is 328 g/mol. The predicted molar refractivity (Wildman–Crippen MR) is 87.5 cm³/mol. The number of nitrogens with zero attached hydrogens (tertiary/aromatic N) is 3. The number of imidazole rings is 1. The largest absolute Gasteiger partial charge is 0.484 e. The number of carbonyl (C=O) groups excluding carboxylic acids is 2. The molecular weight excluding hydrogens is 308 g/mol. The summed E-state index contributed by atoms with van der Waals surface area (Å²) in [6, 6.07) is 6.78. The number of ether oxygens (including phenoxy) is 1. The Bertz CT molecular complexity index is 714. The van der Waals surface area contributed by atoms with Gasteiger partial charge in [0.25, 0.3) is 5.91 Å². The van der Waals surface area contributed by atoms with E-state index in [1.54, 1.807) is 36.8 Å². The Labute approximate surface area is 140 Å². The molecule has 24 heavy (non-hydrogen) atoms. The molecule has 1 aliphatic heterocycles. The van der Waals surface area contributed by atoms with Crippen LogP contribution in [0, 0.1) is 0 Å². The lowest BCUT2D eigenvalue weighted by molar-refractivity contribution is -0.135. The van der Waals surface area contributed by atoms with E-state index in [0.29, 0.717) is 17.9 Å². The highest BCUT2D eigenvalue weighted by atomic mass is 16.5. The molecule has 7 nitrogen and oxygen atoms in total. The van der Waals surface area contributed by atoms with Crippen molar-refractivity contribution in [3.05, 3.63) is 48.5 Å². The molecule has 2 aromatic rings. The van der Waals surface area contributed by atoms with E-state index in [0.717, 1.165) is 19.4 Å². The molecular formula is C17H20N4O3. The summed E-state index contributed by atoms with van der Waals surface area (Å²) in [7, 11) is 0. The fourth-order valence-electron chi connectivity index (χ4n) is 2.89. The molecule has 1 aliphatic rings. The normalized spacial score (nSPS) is 17.5. The second kappa shape index (κ2) is 7.16. The molecule has 126 valence electrons. The third-order valence-electron chi connectivity index (χ3n) is 4.18. The molecule has 0 saturated carbocycles. The van der Waals surface area contributed by atoms with Gasteiger partial charge in [-0.2, -0.15) is 0 Å². The number of benzene rings is 1. The molecule has 0 radical (unpaired) electrons. The second-order valence-electron chi connectivity index (χ2n) is 5.83. The summed E-state index contributed by atoms with van der Waals surface area (Å²) >= 11 is 0. The maximum atomic E-state index is 12.4. The van der Waals surface area contributed by atoms with Crippen molar-refractivity contribution in [3.8, 4) is 5.75 Å². The van der Waals surface area contributed by atoms with Gasteiger partial charge in [-0.15, -0.1) is 0 Å². The van der Waals surface area contributed by atoms with Gasteiger partial charge in [0.05, 0.1) is 12.4 Å². The van der Waals surface area contributed by atoms with Gasteiger partial charge in [-0.3, -0.25) is 9.59 Å². The first-order valence-electron chi connectivity index (χ1n) is 7.91. The third kappa shape index (κ3) is 3.73. The molecule has 0 spiro atoms. The molecule has 2 amide bonds. The lowest BCUT2D eigenvalue weighted by atomic mass is 10.1. The lowest BCUT2D eigenvalue weighted by Crippen LogP contribution is -2.42. The van der Waals surface area contributed by atoms with Crippen LogP contribution in [-0.2, 0) is 4.79 Å². The zero-order chi connectivity index (χ0) is 16.9. The van der Waals surface area contributed by atoms with E-state index in [1.807, 2.05) is 15.7 Å². The molecule has 0 aliphatic carbocycles. The highest BCUT2D eigenvalue weighted by Crippen LogP contribution is 2.21. The molecule has 0 unspecified atom stereocenters. The van der Waals surface area contributed by atoms with E-state index in [9.17, 15) is 9.59 Å². The Morgan fingerprint density at radius 1 is 1.38 bits per heavy atom. The SMILES string of the molecule is NC(=O)c1cccc(OCC(=O)N2CCC[C@H](n3ccnc3)C2)c1. The number of primary amides is 1. The van der Waals surface area contributed by atoms with E-state index in [-0.39, 0.29) is 18.6 Å². The van der Waals surface area contributed by atoms with Crippen molar-refractivity contribution < 1.29 is 14.3 Å². The Kier molecular flexibility index (Phi) is 4.79. The van der Waals surface area contributed by atoms with Crippen LogP contribution in [0.2, 0.25) is 0 Å². The Morgan fingerprint density at radius 3 is 3.00 bits per heavy atom. The average molecular weight is 328 g/mol. The van der Waals surface area contributed by atoms with E-state index in [4.69, 9.17) is 10.5 Å². The summed E-state index contributed by atoms with van der Waals surface area (Å²) < 4.78 is 7.56. The molecule has 1 aromatic heterocycles. The van der Waals surface area contributed by atoms with Crippen LogP contribution in [0.15, 0.2) is 43.0 Å². The lowest BCUT2D eigenvalue weighted by Gasteiger charge is -2.33. The molecule has 2 heterocycles. The van der Waals surface area contributed by atoms with Crippen LogP contribution >= 0.6 is 0 Å². The topological polar surface area (TPSA) is 90.5 Å². The van der Waals surface area contributed by atoms with Crippen LogP contribution in [0.25, 0.3) is 0 Å². The second-order valence-corrected chi connectivity index (χ2v) is 5.83. The van der Waals surface area contributed by atoms with Crippen molar-refractivity contribution in [1.29, 1.82) is 0 Å². The average Bonchev–Trinajstić information content (AvgIpc) is 3.15. The van der Waals surface area contributed by atoms with Crippen LogP contribution < -0.4 is 10.5 Å². The standard InChI is InChI=1S/C17H20N4O3/c18-17(23)13-3-1-5-15(9-13)24-11-16(22)20-7-2-4-14(10-20)21-8-6-19-12-21/h1,3,5-6,8-9,12,14H,2,4,7,10-11H2,(H2,18,23)/t14-/m0/s1. The number of likely N-dealkylation sites (tertiary alicyclic amines) is 1. The van der Waals surface area contributed by atoms with E-state index in [2.05, 4.69) is 4.98 Å². The highest BCUT2D eigenvalue weighted by molar-refractivity contribution is 5.93. The van der Waals surface area contributed by atoms with Gasteiger partial charge in [-0.05, 0) is 31.0 Å². The van der Waals surface area contributed by atoms with E-state index >= 15 is 0 Å². The first-order chi connectivity index (χ1) is 11.6. The predicted octanol–water partition coefficient (Wildman–Crippen LogP) is 1.22. The molecule has 2 N–H and O–H groups in total. The Balaban J connectivity index is 1.57. The molecule has 0 bridgehead atoms. The maximum absolute atomic E-state index is 12.4. The van der Waals surface area contributed by atoms with Crippen LogP contribution in [-0.4, -0.2) is 46.0 Å². The zero-order valence-electron chi connectivity index (χ0n) is 13.3. The number of carbonyl (C=O) groups is 2. The number of piperidine rings is 1. The van der Waals surface area contributed by atoms with Gasteiger partial charge in [0.15, 0.2) is 6.61 Å². The van der Waals surface area contributed by atoms with Crippen molar-refractivity contribution in [2.24, 2.45) is 5.73 Å². The summed E-state index contributed by atoms with van der Waals surface area (Å²) in [5.74, 6) is -0.127. The first-order valence-corrected chi connectivity index (χ1v) is 7.91. The Morgan fingerprint density at radius 2 is 2.25 bits per heavy atom. The number of hydrogen-bond acceptors (Lipinski definition) is 4. The fraction of sp³-hybridized carbons (Fsp3) is 0.353. The maximum Gasteiger partial charge on any atom is 0.260 e. The number of hydrogen-bond donors (Lipinski definition) is 1. The van der Waals surface area contributed by atoms with Crippen molar-refractivity contribution in [2.45, 2.75) is 18.9 Å². The fourth-order valence-corrected chi connectivity index (χ4v) is 2.89. The number of nitrogens with two attached hydrogens (primary N) is 1. The molecule has 1 aromatic carbocycles. The van der Waals surface area contributed by atoms with Crippen molar-refractivity contribution in [3.63, 3.8) is 0 Å². The highest BCUT2D eigenvalue weighted by Gasteiger charge is 2.24. The quantitative estimate of drug-likeness (QED) is 0.893. The summed E-state index contributed by atoms with van der Waals surface area (Å²) in [6.45, 7) is 1.33. The van der Waals surface area contributed by atoms with Gasteiger partial charge in [0.2, 0.25) is 5.91 Å². The van der Waals surface area contributed by atoms with Crippen LogP contribution in [0.1, 0.15) is 29.2 Å². The summed E-state index contributed by atoms with van der Waals surface area (Å²) in [5, 5.41) is 0. The molecule has 1 atom stereocenters. The number of rotatable bonds is 5. The minimum Gasteiger partial charge on any atom is -0.484 e. The summed E-state index contributed by atoms with van der Waals surface area (Å²) in [4.78, 5) is 29.4. The summed E-state index contributed by atoms with van der Waals surface area (Å²) in [6.07, 6.45) is 7.43. The van der Waals surface area contributed by atoms with Gasteiger partial charge in [-0.1, -0.05) is 6.07 Å². The van der Waals surface area contributed by atoms with Crippen molar-refractivity contribution in [1.82, 2.24) is 14.5 Å². The van der Waals surface area contributed by atoms with Crippen molar-refractivity contribution in [2.75, 3.05) is 19.7 Å². The first kappa shape index (κ1) is 16.0.